The lowest BCUT2D eigenvalue weighted by Gasteiger charge is -1.82. The smallest absolute Gasteiger partial charge is 0.112 e. The van der Waals surface area contributed by atoms with Crippen molar-refractivity contribution in [1.82, 2.24) is 0 Å². The lowest BCUT2D eigenvalue weighted by atomic mass is 10.4. The van der Waals surface area contributed by atoms with E-state index in [0.29, 0.717) is 0 Å². The average Bonchev–Trinajstić information content (AvgIpc) is 1.96. The summed E-state index contributed by atoms with van der Waals surface area (Å²) < 4.78 is 0. The van der Waals surface area contributed by atoms with Crippen LogP contribution in [0.4, 0.5) is 0 Å². The summed E-state index contributed by atoms with van der Waals surface area (Å²) in [5.41, 5.74) is 0. The van der Waals surface area contributed by atoms with Crippen molar-refractivity contribution < 1.29 is 5.11 Å². The van der Waals surface area contributed by atoms with Crippen LogP contribution in [-0.4, -0.2) is 11.2 Å². The van der Waals surface area contributed by atoms with Gasteiger partial charge in [0.2, 0.25) is 0 Å². The first-order valence-corrected chi connectivity index (χ1v) is 2.91. The fourth-order valence-corrected chi connectivity index (χ4v) is 0.270. The Bertz CT molecular complexity index is 323. The second-order valence-electron chi connectivity index (χ2n) is 1.59. The summed E-state index contributed by atoms with van der Waals surface area (Å²) in [5, 5.41) is 8.65. The molecule has 1 N–H and O–H groups in total. The van der Waals surface area contributed by atoms with Crippen LogP contribution in [0.15, 0.2) is 0 Å². The topological polar surface area (TPSA) is 20.2 Å². The van der Waals surface area contributed by atoms with Crippen molar-refractivity contribution in [2.24, 2.45) is 0 Å². The van der Waals surface area contributed by atoms with Crippen LogP contribution in [0.1, 0.15) is 6.92 Å². The molecule has 1 atom stereocenters. The molecule has 0 aromatic heterocycles. The molecular weight excluding hydrogens is 136 g/mol. The van der Waals surface area contributed by atoms with Crippen molar-refractivity contribution in [1.29, 1.82) is 0 Å². The standard InChI is InChI=1S/C10H6O/c1-3-4-5-6-7-8-9-10(2)11/h1,10-11H,2H3. The molecule has 0 bridgehead atoms. The first-order valence-electron chi connectivity index (χ1n) is 2.91. The Hall–Kier alpha value is -1.80. The Morgan fingerprint density at radius 1 is 1.09 bits per heavy atom. The van der Waals surface area contributed by atoms with Crippen LogP contribution in [0.3, 0.4) is 0 Å². The Balaban J connectivity index is 3.97. The third-order valence-electron chi connectivity index (χ3n) is 0.603. The summed E-state index contributed by atoms with van der Waals surface area (Å²) in [6.07, 6.45) is 4.18. The molecule has 11 heavy (non-hydrogen) atoms. The zero-order valence-corrected chi connectivity index (χ0v) is 6.10. The fraction of sp³-hybridized carbons (Fsp3) is 0.200. The second kappa shape index (κ2) is 6.32. The highest BCUT2D eigenvalue weighted by Crippen LogP contribution is 1.70. The Morgan fingerprint density at radius 2 is 1.64 bits per heavy atom. The number of rotatable bonds is 0. The van der Waals surface area contributed by atoms with Crippen molar-refractivity contribution >= 4 is 0 Å². The van der Waals surface area contributed by atoms with Crippen molar-refractivity contribution in [3.05, 3.63) is 0 Å². The quantitative estimate of drug-likeness (QED) is 0.472. The lowest BCUT2D eigenvalue weighted by molar-refractivity contribution is 0.253. The second-order valence-corrected chi connectivity index (χ2v) is 1.59. The van der Waals surface area contributed by atoms with E-state index in [1.807, 2.05) is 0 Å². The van der Waals surface area contributed by atoms with Crippen molar-refractivity contribution in [2.75, 3.05) is 0 Å². The molecule has 0 aliphatic carbocycles. The van der Waals surface area contributed by atoms with Gasteiger partial charge in [-0.25, -0.2) is 0 Å². The molecule has 0 aromatic carbocycles. The molecule has 0 fully saturated rings. The summed E-state index contributed by atoms with van der Waals surface area (Å²) in [5.74, 6) is 16.5. The van der Waals surface area contributed by atoms with E-state index in [0.717, 1.165) is 0 Å². The number of aliphatic hydroxyl groups excluding tert-OH is 1. The molecular formula is C10H6O. The molecule has 52 valence electrons. The minimum absolute atomic E-state index is 0.648. The number of hydrogen-bond donors (Lipinski definition) is 1. The van der Waals surface area contributed by atoms with E-state index >= 15 is 0 Å². The van der Waals surface area contributed by atoms with Gasteiger partial charge in [-0.2, -0.15) is 0 Å². The highest BCUT2D eigenvalue weighted by Gasteiger charge is 1.78. The summed E-state index contributed by atoms with van der Waals surface area (Å²) in [7, 11) is 0. The van der Waals surface area contributed by atoms with Crippen LogP contribution < -0.4 is 0 Å². The molecule has 0 amide bonds. The maximum absolute atomic E-state index is 8.65. The van der Waals surface area contributed by atoms with Gasteiger partial charge in [-0.1, -0.05) is 5.92 Å². The monoisotopic (exact) mass is 142 g/mol. The fourth-order valence-electron chi connectivity index (χ4n) is 0.270. The largest absolute Gasteiger partial charge is 0.381 e. The number of aliphatic hydroxyl groups is 1. The van der Waals surface area contributed by atoms with E-state index in [9.17, 15) is 0 Å². The molecule has 1 unspecified atom stereocenters. The highest BCUT2D eigenvalue weighted by molar-refractivity contribution is 5.39. The minimum atomic E-state index is -0.648. The van der Waals surface area contributed by atoms with Crippen LogP contribution in [-0.2, 0) is 0 Å². The molecule has 0 saturated carbocycles. The highest BCUT2D eigenvalue weighted by atomic mass is 16.3. The van der Waals surface area contributed by atoms with E-state index in [-0.39, 0.29) is 0 Å². The molecule has 1 nitrogen and oxygen atoms in total. The number of terminal acetylenes is 1. The zero-order valence-electron chi connectivity index (χ0n) is 6.10. The van der Waals surface area contributed by atoms with Crippen LogP contribution in [0.2, 0.25) is 0 Å². The summed E-state index contributed by atoms with van der Waals surface area (Å²) >= 11 is 0. The van der Waals surface area contributed by atoms with Gasteiger partial charge in [0.1, 0.15) is 6.10 Å². The van der Waals surface area contributed by atoms with Crippen LogP contribution in [0.5, 0.6) is 0 Å². The van der Waals surface area contributed by atoms with E-state index in [4.69, 9.17) is 11.5 Å². The number of hydrogen-bond acceptors (Lipinski definition) is 1. The van der Waals surface area contributed by atoms with Gasteiger partial charge < -0.3 is 5.11 Å². The average molecular weight is 142 g/mol. The SMILES string of the molecule is C#CC#CC#CC#CC(C)O. The van der Waals surface area contributed by atoms with Crippen molar-refractivity contribution in [2.45, 2.75) is 13.0 Å². The minimum Gasteiger partial charge on any atom is -0.381 e. The van der Waals surface area contributed by atoms with Gasteiger partial charge in [0, 0.05) is 0 Å². The molecule has 0 saturated heterocycles. The van der Waals surface area contributed by atoms with Gasteiger partial charge >= 0.3 is 0 Å². The molecule has 1 heteroatoms. The van der Waals surface area contributed by atoms with Gasteiger partial charge in [0.05, 0.1) is 0 Å². The van der Waals surface area contributed by atoms with Crippen molar-refractivity contribution in [3.8, 4) is 47.9 Å². The predicted octanol–water partition coefficient (Wildman–Crippen LogP) is 0.0106. The van der Waals surface area contributed by atoms with Gasteiger partial charge in [-0.3, -0.25) is 0 Å². The zero-order chi connectivity index (χ0) is 8.53. The van der Waals surface area contributed by atoms with Crippen LogP contribution >= 0.6 is 0 Å². The molecule has 0 aliphatic heterocycles. The molecule has 0 aliphatic rings. The first-order chi connectivity index (χ1) is 5.27. The lowest BCUT2D eigenvalue weighted by Crippen LogP contribution is -1.91. The molecule has 0 radical (unpaired) electrons. The maximum atomic E-state index is 8.65. The van der Waals surface area contributed by atoms with Gasteiger partial charge in [-0.15, -0.1) is 6.42 Å². The van der Waals surface area contributed by atoms with Gasteiger partial charge in [0.15, 0.2) is 0 Å². The third kappa shape index (κ3) is 8.20. The van der Waals surface area contributed by atoms with E-state index in [2.05, 4.69) is 41.4 Å². The first kappa shape index (κ1) is 9.20. The molecule has 0 aromatic rings. The summed E-state index contributed by atoms with van der Waals surface area (Å²) in [6, 6.07) is 0. The third-order valence-corrected chi connectivity index (χ3v) is 0.603. The normalized spacial score (nSPS) is 8.09. The molecule has 0 heterocycles. The Morgan fingerprint density at radius 3 is 2.18 bits per heavy atom. The Kier molecular flexibility index (Phi) is 5.29. The van der Waals surface area contributed by atoms with Crippen LogP contribution in [0, 0.1) is 47.9 Å². The van der Waals surface area contributed by atoms with Crippen molar-refractivity contribution in [3.63, 3.8) is 0 Å². The summed E-state index contributed by atoms with van der Waals surface area (Å²) in [4.78, 5) is 0. The van der Waals surface area contributed by atoms with E-state index in [1.165, 1.54) is 0 Å². The Labute approximate surface area is 66.8 Å². The van der Waals surface area contributed by atoms with Crippen LogP contribution in [0.25, 0.3) is 0 Å². The van der Waals surface area contributed by atoms with E-state index in [1.54, 1.807) is 6.92 Å². The molecule has 0 spiro atoms. The predicted molar refractivity (Wildman–Crippen MR) is 43.8 cm³/mol. The maximum Gasteiger partial charge on any atom is 0.112 e. The molecule has 0 rings (SSSR count). The summed E-state index contributed by atoms with van der Waals surface area (Å²) in [6.45, 7) is 1.56. The van der Waals surface area contributed by atoms with Gasteiger partial charge in [-0.05, 0) is 42.4 Å². The van der Waals surface area contributed by atoms with Gasteiger partial charge in [0.25, 0.3) is 0 Å². The van der Waals surface area contributed by atoms with E-state index < -0.39 is 6.10 Å².